The summed E-state index contributed by atoms with van der Waals surface area (Å²) in [4.78, 5) is 0. The number of aromatic nitrogens is 4. The number of aryl methyl sites for hydroxylation is 1. The highest BCUT2D eigenvalue weighted by Gasteiger charge is 2.27. The Hall–Kier alpha value is -12.8. The van der Waals surface area contributed by atoms with Crippen LogP contribution in [0.2, 0.25) is 0 Å². The maximum atomic E-state index is 2.48. The van der Waals surface area contributed by atoms with Gasteiger partial charge in [-0.15, -0.1) is 0 Å². The van der Waals surface area contributed by atoms with Gasteiger partial charge in [0, 0.05) is 65.2 Å². The van der Waals surface area contributed by atoms with E-state index in [9.17, 15) is 0 Å². The van der Waals surface area contributed by atoms with E-state index in [1.54, 1.807) is 0 Å². The maximum Gasteiger partial charge on any atom is 0.0541 e. The van der Waals surface area contributed by atoms with Gasteiger partial charge in [0.05, 0.1) is 55.5 Å². The Balaban J connectivity index is 0.000000136. The van der Waals surface area contributed by atoms with E-state index in [2.05, 4.69) is 367 Å². The maximum absolute atomic E-state index is 2.48. The summed E-state index contributed by atoms with van der Waals surface area (Å²) in [7, 11) is 0. The minimum atomic E-state index is 0.558. The second-order valence-electron chi connectivity index (χ2n) is 29.5. The van der Waals surface area contributed by atoms with Crippen LogP contribution >= 0.6 is 0 Å². The van der Waals surface area contributed by atoms with Gasteiger partial charge < -0.3 is 18.3 Å². The molecule has 16 aromatic carbocycles. The molecule has 2 aliphatic carbocycles. The Morgan fingerprint density at radius 3 is 0.953 bits per heavy atom. The smallest absolute Gasteiger partial charge is 0.0541 e. The zero-order valence-electron chi connectivity index (χ0n) is 59.8. The van der Waals surface area contributed by atoms with Crippen LogP contribution in [0, 0.1) is 0 Å². The Kier molecular flexibility index (Phi) is 14.4. The quantitative estimate of drug-likeness (QED) is 0.103. The van der Waals surface area contributed by atoms with Crippen LogP contribution in [0.1, 0.15) is 69.9 Å². The van der Waals surface area contributed by atoms with Crippen molar-refractivity contribution in [3.05, 3.63) is 339 Å². The molecule has 0 amide bonds. The standard InChI is InChI=1S/C52H40N2.C50H36N2/c1-2-3-4-5-13-34-22-26-37(27-23-34)53-47-20-10-8-16-40(47)45-32-35(24-29-50(45)53)36-25-30-51-46(33-36)41-17-9-11-21-48(41)54(51)49-31-28-43-39-15-7-6-14-38(39)42-18-12-19-44(49)52(42)43;1-3-31(2)32-19-23-35(24-20-32)51-45-17-8-6-13-38(45)43-29-33(21-26-48(43)51)34-22-27-49-44(30-34)39-14-7-9-18-46(39)52(49)47-28-25-41-37-12-5-4-11-36(37)40-15-10-16-42(47)50(40)41/h6-12,14-33H,2-5,13H2,1H3;4-31H,3H2,1-2H3. The SMILES string of the molecule is CCC(C)c1ccc(-n2c3ccccc3c3cc(-c4ccc5c(c4)c4ccccc4n5-c4ccc5c6c(cccc46)-c4ccccc4-5)ccc32)cc1.CCCCCCc1ccc(-n2c3ccccc3c3cc(-c4ccc5c(c4)c4ccccc4n5-c4ccc5c6c(cccc46)-c4ccccc4-5)ccc32)cc1. The van der Waals surface area contributed by atoms with Crippen LogP contribution < -0.4 is 0 Å². The molecule has 4 heteroatoms. The number of para-hydroxylation sites is 4. The summed E-state index contributed by atoms with van der Waals surface area (Å²) in [6.07, 6.45) is 7.46. The molecule has 1 atom stereocenters. The predicted octanol–water partition coefficient (Wildman–Crippen LogP) is 28.3. The third kappa shape index (κ3) is 9.53. The summed E-state index contributed by atoms with van der Waals surface area (Å²) < 4.78 is 9.81. The summed E-state index contributed by atoms with van der Waals surface area (Å²) in [5.41, 5.74) is 33.1. The van der Waals surface area contributed by atoms with Crippen LogP contribution in [0.4, 0.5) is 0 Å². The van der Waals surface area contributed by atoms with Crippen LogP contribution in [-0.2, 0) is 6.42 Å². The molecular weight excluding hydrogens is 1280 g/mol. The molecule has 0 bridgehead atoms. The van der Waals surface area contributed by atoms with E-state index < -0.39 is 0 Å². The molecule has 4 nitrogen and oxygen atoms in total. The second-order valence-corrected chi connectivity index (χ2v) is 29.5. The fourth-order valence-electron chi connectivity index (χ4n) is 18.4. The van der Waals surface area contributed by atoms with Crippen LogP contribution in [-0.4, -0.2) is 18.3 Å². The highest BCUT2D eigenvalue weighted by molar-refractivity contribution is 6.22. The van der Waals surface area contributed by atoms with E-state index >= 15 is 0 Å². The van der Waals surface area contributed by atoms with Crippen molar-refractivity contribution in [1.82, 2.24) is 18.3 Å². The van der Waals surface area contributed by atoms with E-state index in [-0.39, 0.29) is 0 Å². The molecule has 0 saturated heterocycles. The highest BCUT2D eigenvalue weighted by atomic mass is 15.0. The topological polar surface area (TPSA) is 19.7 Å². The van der Waals surface area contributed by atoms with Crippen molar-refractivity contribution < 1.29 is 0 Å². The van der Waals surface area contributed by atoms with Gasteiger partial charge in [0.25, 0.3) is 0 Å². The van der Waals surface area contributed by atoms with Gasteiger partial charge in [0.2, 0.25) is 0 Å². The molecule has 1 unspecified atom stereocenters. The molecule has 0 saturated carbocycles. The molecular formula is C102H76N4. The molecule has 4 heterocycles. The number of unbranched alkanes of at least 4 members (excludes halogenated alkanes) is 3. The summed E-state index contributed by atoms with van der Waals surface area (Å²) in [5.74, 6) is 0.558. The fourth-order valence-corrected chi connectivity index (χ4v) is 18.4. The molecule has 106 heavy (non-hydrogen) atoms. The zero-order chi connectivity index (χ0) is 70.3. The van der Waals surface area contributed by atoms with Crippen LogP contribution in [0.15, 0.2) is 328 Å². The summed E-state index contributed by atoms with van der Waals surface area (Å²) in [6, 6.07) is 122. The lowest BCUT2D eigenvalue weighted by Gasteiger charge is -2.13. The van der Waals surface area contributed by atoms with Gasteiger partial charge in [-0.05, 0) is 223 Å². The minimum absolute atomic E-state index is 0.558. The van der Waals surface area contributed by atoms with Crippen molar-refractivity contribution in [2.45, 2.75) is 65.2 Å². The number of rotatable bonds is 13. The number of nitrogens with zero attached hydrogens (tertiary/aromatic N) is 4. The van der Waals surface area contributed by atoms with Gasteiger partial charge in [0.15, 0.2) is 0 Å². The molecule has 0 aliphatic heterocycles. The normalized spacial score (nSPS) is 12.5. The Morgan fingerprint density at radius 2 is 0.566 bits per heavy atom. The van der Waals surface area contributed by atoms with Crippen molar-refractivity contribution in [2.24, 2.45) is 0 Å². The van der Waals surface area contributed by atoms with Gasteiger partial charge in [-0.25, -0.2) is 0 Å². The Bertz CT molecular complexity index is 6930. The van der Waals surface area contributed by atoms with Gasteiger partial charge in [-0.1, -0.05) is 258 Å². The molecule has 0 radical (unpaired) electrons. The van der Waals surface area contributed by atoms with Gasteiger partial charge >= 0.3 is 0 Å². The first kappa shape index (κ1) is 61.9. The number of hydrogen-bond acceptors (Lipinski definition) is 0. The summed E-state index contributed by atoms with van der Waals surface area (Å²) >= 11 is 0. The molecule has 504 valence electrons. The van der Waals surface area contributed by atoms with E-state index in [1.807, 2.05) is 0 Å². The van der Waals surface area contributed by atoms with Crippen molar-refractivity contribution in [2.75, 3.05) is 0 Å². The number of hydrogen-bond donors (Lipinski definition) is 0. The molecule has 0 fully saturated rings. The predicted molar refractivity (Wildman–Crippen MR) is 452 cm³/mol. The molecule has 0 spiro atoms. The third-order valence-electron chi connectivity index (χ3n) is 23.7. The fraction of sp³-hybridized carbons (Fsp3) is 0.0980. The molecule has 0 N–H and O–H groups in total. The van der Waals surface area contributed by atoms with Crippen LogP contribution in [0.5, 0.6) is 0 Å². The number of benzene rings is 16. The van der Waals surface area contributed by atoms with Crippen molar-refractivity contribution >= 4 is 109 Å². The van der Waals surface area contributed by atoms with Crippen molar-refractivity contribution in [3.63, 3.8) is 0 Å². The Morgan fingerprint density at radius 1 is 0.245 bits per heavy atom. The average Bonchev–Trinajstić information content (AvgIpc) is 1.56. The first-order valence-corrected chi connectivity index (χ1v) is 38.1. The second kappa shape index (κ2) is 24.7. The highest BCUT2D eigenvalue weighted by Crippen LogP contribution is 2.52. The number of fused-ring (bicyclic) bond motifs is 18. The molecule has 2 aliphatic rings. The summed E-state index contributed by atoms with van der Waals surface area (Å²) in [6.45, 7) is 6.84. The van der Waals surface area contributed by atoms with Crippen molar-refractivity contribution in [3.8, 4) is 89.5 Å². The Labute approximate surface area is 616 Å². The third-order valence-corrected chi connectivity index (χ3v) is 23.7. The van der Waals surface area contributed by atoms with Gasteiger partial charge in [-0.3, -0.25) is 0 Å². The monoisotopic (exact) mass is 1360 g/mol. The first-order valence-electron chi connectivity index (χ1n) is 38.1. The lowest BCUT2D eigenvalue weighted by atomic mass is 9.98. The minimum Gasteiger partial charge on any atom is -0.309 e. The van der Waals surface area contributed by atoms with E-state index in [0.29, 0.717) is 5.92 Å². The summed E-state index contributed by atoms with van der Waals surface area (Å²) in [5, 5.41) is 15.5. The lowest BCUT2D eigenvalue weighted by Crippen LogP contribution is -1.96. The van der Waals surface area contributed by atoms with Gasteiger partial charge in [-0.2, -0.15) is 0 Å². The van der Waals surface area contributed by atoms with E-state index in [0.717, 1.165) is 12.8 Å². The molecule has 22 rings (SSSR count). The van der Waals surface area contributed by atoms with Crippen LogP contribution in [0.25, 0.3) is 198 Å². The van der Waals surface area contributed by atoms with E-state index in [4.69, 9.17) is 0 Å². The average molecular weight is 1360 g/mol. The largest absolute Gasteiger partial charge is 0.309 e. The zero-order valence-corrected chi connectivity index (χ0v) is 59.8. The molecule has 20 aromatic rings. The van der Waals surface area contributed by atoms with Gasteiger partial charge in [0.1, 0.15) is 0 Å². The van der Waals surface area contributed by atoms with Crippen molar-refractivity contribution in [1.29, 1.82) is 0 Å². The van der Waals surface area contributed by atoms with E-state index in [1.165, 1.54) is 235 Å². The molecule has 4 aromatic heterocycles. The lowest BCUT2D eigenvalue weighted by molar-refractivity contribution is 0.667. The van der Waals surface area contributed by atoms with Crippen LogP contribution in [0.3, 0.4) is 0 Å². The first-order chi connectivity index (χ1) is 52.4.